The van der Waals surface area contributed by atoms with E-state index in [2.05, 4.69) is 5.32 Å². The topological polar surface area (TPSA) is 47.6 Å². The van der Waals surface area contributed by atoms with Gasteiger partial charge < -0.3 is 14.8 Å². The summed E-state index contributed by atoms with van der Waals surface area (Å²) < 4.78 is 10.5. The Kier molecular flexibility index (Phi) is 3.79. The summed E-state index contributed by atoms with van der Waals surface area (Å²) in [6.45, 7) is 0.191. The molecule has 2 aromatic carbocycles. The molecule has 0 atom stereocenters. The molecule has 5 heteroatoms. The minimum Gasteiger partial charge on any atom is -0.454 e. The number of ketones is 1. The van der Waals surface area contributed by atoms with E-state index in [0.29, 0.717) is 22.1 Å². The Balaban J connectivity index is 1.69. The second kappa shape index (κ2) is 5.89. The van der Waals surface area contributed by atoms with Crippen molar-refractivity contribution in [1.29, 1.82) is 0 Å². The molecule has 0 amide bonds. The van der Waals surface area contributed by atoms with Gasteiger partial charge in [0.1, 0.15) is 0 Å². The van der Waals surface area contributed by atoms with E-state index in [1.807, 2.05) is 18.2 Å². The van der Waals surface area contributed by atoms with E-state index < -0.39 is 0 Å². The molecule has 0 unspecified atom stereocenters. The molecule has 2 aromatic rings. The van der Waals surface area contributed by atoms with Crippen LogP contribution < -0.4 is 14.8 Å². The van der Waals surface area contributed by atoms with Gasteiger partial charge in [0.2, 0.25) is 6.79 Å². The van der Waals surface area contributed by atoms with Crippen LogP contribution in [-0.2, 0) is 0 Å². The van der Waals surface area contributed by atoms with Crippen molar-refractivity contribution in [1.82, 2.24) is 0 Å². The Bertz CT molecular complexity index is 712. The van der Waals surface area contributed by atoms with Gasteiger partial charge in [-0.2, -0.15) is 0 Å². The maximum atomic E-state index is 12.1. The smallest absolute Gasteiger partial charge is 0.231 e. The molecule has 106 valence electrons. The molecular formula is C16H12ClNO3. The van der Waals surface area contributed by atoms with E-state index >= 15 is 0 Å². The fourth-order valence-corrected chi connectivity index (χ4v) is 2.12. The Morgan fingerprint density at radius 1 is 1.14 bits per heavy atom. The lowest BCUT2D eigenvalue weighted by molar-refractivity contribution is 0.104. The van der Waals surface area contributed by atoms with Gasteiger partial charge >= 0.3 is 0 Å². The summed E-state index contributed by atoms with van der Waals surface area (Å²) in [4.78, 5) is 12.1. The van der Waals surface area contributed by atoms with Crippen LogP contribution in [0.4, 0.5) is 5.69 Å². The van der Waals surface area contributed by atoms with Gasteiger partial charge in [0, 0.05) is 17.8 Å². The molecule has 21 heavy (non-hydrogen) atoms. The Labute approximate surface area is 126 Å². The van der Waals surface area contributed by atoms with Crippen molar-refractivity contribution in [2.45, 2.75) is 0 Å². The first-order valence-electron chi connectivity index (χ1n) is 6.35. The second-order valence-corrected chi connectivity index (χ2v) is 4.80. The Morgan fingerprint density at radius 3 is 2.81 bits per heavy atom. The van der Waals surface area contributed by atoms with Gasteiger partial charge in [0.15, 0.2) is 17.3 Å². The Hall–Kier alpha value is -2.46. The number of nitrogens with one attached hydrogen (secondary N) is 1. The number of allylic oxidation sites excluding steroid dienone is 1. The van der Waals surface area contributed by atoms with Crippen molar-refractivity contribution in [3.63, 3.8) is 0 Å². The SMILES string of the molecule is O=C(/C=C/Nc1ccccc1Cl)c1ccc2c(c1)OCO2. The predicted molar refractivity (Wildman–Crippen MR) is 81.1 cm³/mol. The van der Waals surface area contributed by atoms with Crippen LogP contribution in [0.5, 0.6) is 11.5 Å². The largest absolute Gasteiger partial charge is 0.454 e. The molecule has 0 bridgehead atoms. The zero-order chi connectivity index (χ0) is 14.7. The first kappa shape index (κ1) is 13.5. The van der Waals surface area contributed by atoms with Crippen LogP contribution >= 0.6 is 11.6 Å². The van der Waals surface area contributed by atoms with Crippen molar-refractivity contribution in [3.8, 4) is 11.5 Å². The summed E-state index contributed by atoms with van der Waals surface area (Å²) in [6, 6.07) is 12.4. The highest BCUT2D eigenvalue weighted by molar-refractivity contribution is 6.33. The number of ether oxygens (including phenoxy) is 2. The molecule has 0 fully saturated rings. The molecule has 0 saturated carbocycles. The second-order valence-electron chi connectivity index (χ2n) is 4.39. The van der Waals surface area contributed by atoms with Crippen molar-refractivity contribution < 1.29 is 14.3 Å². The highest BCUT2D eigenvalue weighted by Crippen LogP contribution is 2.32. The van der Waals surface area contributed by atoms with E-state index in [9.17, 15) is 4.79 Å². The molecule has 0 radical (unpaired) electrons. The summed E-state index contributed by atoms with van der Waals surface area (Å²) in [7, 11) is 0. The molecule has 1 aliphatic heterocycles. The number of rotatable bonds is 4. The molecule has 0 spiro atoms. The van der Waals surface area contributed by atoms with Gasteiger partial charge in [-0.05, 0) is 30.3 Å². The molecule has 1 aliphatic rings. The highest BCUT2D eigenvalue weighted by Gasteiger charge is 2.14. The van der Waals surface area contributed by atoms with Crippen LogP contribution in [0.2, 0.25) is 5.02 Å². The number of para-hydroxylation sites is 1. The summed E-state index contributed by atoms with van der Waals surface area (Å²) >= 11 is 6.01. The summed E-state index contributed by atoms with van der Waals surface area (Å²) in [5.74, 6) is 1.12. The van der Waals surface area contributed by atoms with Crippen LogP contribution in [0.25, 0.3) is 0 Å². The Morgan fingerprint density at radius 2 is 1.95 bits per heavy atom. The molecule has 1 heterocycles. The summed E-state index contributed by atoms with van der Waals surface area (Å²) in [5, 5.41) is 3.57. The minimum atomic E-state index is -0.132. The number of fused-ring (bicyclic) bond motifs is 1. The van der Waals surface area contributed by atoms with Crippen molar-refractivity contribution >= 4 is 23.1 Å². The fraction of sp³-hybridized carbons (Fsp3) is 0.0625. The summed E-state index contributed by atoms with van der Waals surface area (Å²) in [6.07, 6.45) is 3.01. The van der Waals surface area contributed by atoms with Crippen LogP contribution in [0.1, 0.15) is 10.4 Å². The number of carbonyl (C=O) groups excluding carboxylic acids is 1. The lowest BCUT2D eigenvalue weighted by Gasteiger charge is -2.02. The first-order chi connectivity index (χ1) is 10.2. The van der Waals surface area contributed by atoms with Gasteiger partial charge in [-0.25, -0.2) is 0 Å². The van der Waals surface area contributed by atoms with Gasteiger partial charge in [0.05, 0.1) is 10.7 Å². The van der Waals surface area contributed by atoms with Gasteiger partial charge in [-0.15, -0.1) is 0 Å². The predicted octanol–water partition coefficient (Wildman–Crippen LogP) is 3.88. The third-order valence-corrected chi connectivity index (χ3v) is 3.33. The number of hydrogen-bond donors (Lipinski definition) is 1. The van der Waals surface area contributed by atoms with Crippen LogP contribution in [0.3, 0.4) is 0 Å². The van der Waals surface area contributed by atoms with Crippen LogP contribution in [0.15, 0.2) is 54.7 Å². The van der Waals surface area contributed by atoms with Gasteiger partial charge in [-0.1, -0.05) is 23.7 Å². The zero-order valence-electron chi connectivity index (χ0n) is 11.0. The van der Waals surface area contributed by atoms with Crippen molar-refractivity contribution in [2.75, 3.05) is 12.1 Å². The number of carbonyl (C=O) groups is 1. The summed E-state index contributed by atoms with van der Waals surface area (Å²) in [5.41, 5.74) is 1.28. The maximum Gasteiger partial charge on any atom is 0.231 e. The molecule has 0 saturated heterocycles. The molecule has 0 aromatic heterocycles. The number of benzene rings is 2. The molecule has 0 aliphatic carbocycles. The van der Waals surface area contributed by atoms with Gasteiger partial charge in [-0.3, -0.25) is 4.79 Å². The lowest BCUT2D eigenvalue weighted by atomic mass is 10.1. The zero-order valence-corrected chi connectivity index (χ0v) is 11.8. The van der Waals surface area contributed by atoms with Crippen LogP contribution in [0, 0.1) is 0 Å². The third-order valence-electron chi connectivity index (χ3n) is 3.00. The van der Waals surface area contributed by atoms with Gasteiger partial charge in [0.25, 0.3) is 0 Å². The number of halogens is 1. The van der Waals surface area contributed by atoms with E-state index in [4.69, 9.17) is 21.1 Å². The fourth-order valence-electron chi connectivity index (χ4n) is 1.93. The van der Waals surface area contributed by atoms with E-state index in [1.165, 1.54) is 6.08 Å². The van der Waals surface area contributed by atoms with E-state index in [-0.39, 0.29) is 12.6 Å². The normalized spacial score (nSPS) is 12.6. The number of hydrogen-bond acceptors (Lipinski definition) is 4. The van der Waals surface area contributed by atoms with Crippen molar-refractivity contribution in [2.24, 2.45) is 0 Å². The third kappa shape index (κ3) is 3.01. The minimum absolute atomic E-state index is 0.132. The first-order valence-corrected chi connectivity index (χ1v) is 6.73. The monoisotopic (exact) mass is 301 g/mol. The van der Waals surface area contributed by atoms with Crippen LogP contribution in [-0.4, -0.2) is 12.6 Å². The average Bonchev–Trinajstić information content (AvgIpc) is 2.96. The molecular weight excluding hydrogens is 290 g/mol. The molecule has 3 rings (SSSR count). The van der Waals surface area contributed by atoms with Crippen molar-refractivity contribution in [3.05, 3.63) is 65.3 Å². The molecule has 4 nitrogen and oxygen atoms in total. The average molecular weight is 302 g/mol. The maximum absolute atomic E-state index is 12.1. The highest BCUT2D eigenvalue weighted by atomic mass is 35.5. The quantitative estimate of drug-likeness (QED) is 0.688. The standard InChI is InChI=1S/C16H12ClNO3/c17-12-3-1-2-4-13(12)18-8-7-14(19)11-5-6-15-16(9-11)21-10-20-15/h1-9,18H,10H2/b8-7+. The van der Waals surface area contributed by atoms with E-state index in [1.54, 1.807) is 30.5 Å². The molecule has 1 N–H and O–H groups in total. The van der Waals surface area contributed by atoms with E-state index in [0.717, 1.165) is 5.69 Å². The number of anilines is 1. The lowest BCUT2D eigenvalue weighted by Crippen LogP contribution is -1.96.